The van der Waals surface area contributed by atoms with Gasteiger partial charge in [0.2, 0.25) is 0 Å². The van der Waals surface area contributed by atoms with E-state index < -0.39 is 0 Å². The molecular formula is C18H21NO2. The molecule has 3 heteroatoms. The molecule has 0 bridgehead atoms. The van der Waals surface area contributed by atoms with Crippen molar-refractivity contribution >= 4 is 11.6 Å². The summed E-state index contributed by atoms with van der Waals surface area (Å²) in [6, 6.07) is 17.3. The van der Waals surface area contributed by atoms with Crippen LogP contribution in [-0.4, -0.2) is 12.5 Å². The van der Waals surface area contributed by atoms with Crippen LogP contribution in [0.15, 0.2) is 54.6 Å². The number of carbonyl (C=O) groups is 1. The van der Waals surface area contributed by atoms with Crippen LogP contribution in [0.5, 0.6) is 5.75 Å². The van der Waals surface area contributed by atoms with E-state index in [4.69, 9.17) is 4.74 Å². The summed E-state index contributed by atoms with van der Waals surface area (Å²) in [5, 5.41) is 2.79. The van der Waals surface area contributed by atoms with Gasteiger partial charge in [-0.05, 0) is 42.2 Å². The van der Waals surface area contributed by atoms with Gasteiger partial charge >= 0.3 is 0 Å². The lowest BCUT2D eigenvalue weighted by Crippen LogP contribution is -2.20. The summed E-state index contributed by atoms with van der Waals surface area (Å²) in [7, 11) is 0. The SMILES string of the molecule is CC[C@H](C)c1ccc(OCC(=O)Nc2ccccc2)cc1. The first kappa shape index (κ1) is 15.1. The Morgan fingerprint density at radius 3 is 2.38 bits per heavy atom. The Morgan fingerprint density at radius 2 is 1.76 bits per heavy atom. The van der Waals surface area contributed by atoms with Crippen LogP contribution in [0.2, 0.25) is 0 Å². The van der Waals surface area contributed by atoms with Gasteiger partial charge in [0, 0.05) is 5.69 Å². The Kier molecular flexibility index (Phi) is 5.38. The smallest absolute Gasteiger partial charge is 0.262 e. The highest BCUT2D eigenvalue weighted by molar-refractivity contribution is 5.91. The first-order valence-corrected chi connectivity index (χ1v) is 7.26. The maximum absolute atomic E-state index is 11.8. The fourth-order valence-corrected chi connectivity index (χ4v) is 2.00. The van der Waals surface area contributed by atoms with Gasteiger partial charge in [-0.2, -0.15) is 0 Å². The van der Waals surface area contributed by atoms with E-state index in [0.717, 1.165) is 12.1 Å². The van der Waals surface area contributed by atoms with Crippen LogP contribution >= 0.6 is 0 Å². The third-order valence-electron chi connectivity index (χ3n) is 3.49. The molecule has 3 nitrogen and oxygen atoms in total. The molecule has 1 atom stereocenters. The van der Waals surface area contributed by atoms with E-state index in [1.165, 1.54) is 5.56 Å². The maximum Gasteiger partial charge on any atom is 0.262 e. The molecule has 2 rings (SSSR count). The Morgan fingerprint density at radius 1 is 1.10 bits per heavy atom. The predicted octanol–water partition coefficient (Wildman–Crippen LogP) is 4.22. The molecule has 0 fully saturated rings. The summed E-state index contributed by atoms with van der Waals surface area (Å²) in [6.07, 6.45) is 1.11. The number of nitrogens with one attached hydrogen (secondary N) is 1. The molecule has 0 aliphatic carbocycles. The topological polar surface area (TPSA) is 38.3 Å². The fourth-order valence-electron chi connectivity index (χ4n) is 2.00. The van der Waals surface area contributed by atoms with Crippen molar-refractivity contribution in [2.75, 3.05) is 11.9 Å². The Labute approximate surface area is 126 Å². The Balaban J connectivity index is 1.84. The minimum atomic E-state index is -0.160. The minimum Gasteiger partial charge on any atom is -0.484 e. The van der Waals surface area contributed by atoms with Crippen LogP contribution in [0, 0.1) is 0 Å². The first-order valence-electron chi connectivity index (χ1n) is 7.26. The van der Waals surface area contributed by atoms with E-state index in [9.17, 15) is 4.79 Å². The average molecular weight is 283 g/mol. The maximum atomic E-state index is 11.8. The van der Waals surface area contributed by atoms with Crippen molar-refractivity contribution in [1.29, 1.82) is 0 Å². The third kappa shape index (κ3) is 4.63. The van der Waals surface area contributed by atoms with Gasteiger partial charge in [0.25, 0.3) is 5.91 Å². The number of ether oxygens (including phenoxy) is 1. The van der Waals surface area contributed by atoms with Crippen molar-refractivity contribution in [3.8, 4) is 5.75 Å². The molecule has 0 spiro atoms. The summed E-state index contributed by atoms with van der Waals surface area (Å²) < 4.78 is 5.50. The normalized spacial score (nSPS) is 11.7. The number of hydrogen-bond donors (Lipinski definition) is 1. The van der Waals surface area contributed by atoms with Crippen molar-refractivity contribution < 1.29 is 9.53 Å². The molecule has 0 unspecified atom stereocenters. The zero-order valence-corrected chi connectivity index (χ0v) is 12.5. The van der Waals surface area contributed by atoms with Gasteiger partial charge < -0.3 is 10.1 Å². The van der Waals surface area contributed by atoms with Crippen molar-refractivity contribution in [3.05, 3.63) is 60.2 Å². The van der Waals surface area contributed by atoms with E-state index in [-0.39, 0.29) is 12.5 Å². The molecule has 0 aliphatic rings. The molecule has 2 aromatic rings. The van der Waals surface area contributed by atoms with Crippen LogP contribution in [0.3, 0.4) is 0 Å². The average Bonchev–Trinajstić information content (AvgIpc) is 2.53. The first-order chi connectivity index (χ1) is 10.2. The molecule has 0 saturated carbocycles. The molecule has 0 saturated heterocycles. The van der Waals surface area contributed by atoms with Gasteiger partial charge in [-0.25, -0.2) is 0 Å². The largest absolute Gasteiger partial charge is 0.484 e. The lowest BCUT2D eigenvalue weighted by atomic mass is 9.99. The number of anilines is 1. The number of rotatable bonds is 6. The van der Waals surface area contributed by atoms with Crippen LogP contribution in [-0.2, 0) is 4.79 Å². The lowest BCUT2D eigenvalue weighted by molar-refractivity contribution is -0.118. The van der Waals surface area contributed by atoms with Crippen molar-refractivity contribution in [2.24, 2.45) is 0 Å². The molecule has 1 N–H and O–H groups in total. The Bertz CT molecular complexity index is 564. The van der Waals surface area contributed by atoms with Crippen LogP contribution in [0.25, 0.3) is 0 Å². The second kappa shape index (κ2) is 7.48. The molecular weight excluding hydrogens is 262 g/mol. The molecule has 110 valence electrons. The van der Waals surface area contributed by atoms with Crippen molar-refractivity contribution in [2.45, 2.75) is 26.2 Å². The zero-order valence-electron chi connectivity index (χ0n) is 12.5. The predicted molar refractivity (Wildman–Crippen MR) is 85.7 cm³/mol. The monoisotopic (exact) mass is 283 g/mol. The number of benzene rings is 2. The van der Waals surface area contributed by atoms with Gasteiger partial charge in [-0.15, -0.1) is 0 Å². The minimum absolute atomic E-state index is 0.0115. The quantitative estimate of drug-likeness (QED) is 0.862. The molecule has 0 aliphatic heterocycles. The molecule has 2 aromatic carbocycles. The van der Waals surface area contributed by atoms with E-state index in [1.807, 2.05) is 42.5 Å². The number of amides is 1. The summed E-state index contributed by atoms with van der Waals surface area (Å²) in [6.45, 7) is 4.38. The van der Waals surface area contributed by atoms with Gasteiger partial charge in [-0.1, -0.05) is 44.2 Å². The number of carbonyl (C=O) groups excluding carboxylic acids is 1. The molecule has 21 heavy (non-hydrogen) atoms. The lowest BCUT2D eigenvalue weighted by Gasteiger charge is -2.11. The second-order valence-corrected chi connectivity index (χ2v) is 5.08. The highest BCUT2D eigenvalue weighted by atomic mass is 16.5. The standard InChI is InChI=1S/C18H21NO2/c1-3-14(2)15-9-11-17(12-10-15)21-13-18(20)19-16-7-5-4-6-8-16/h4-12,14H,3,13H2,1-2H3,(H,19,20)/t14-/m0/s1. The van der Waals surface area contributed by atoms with E-state index >= 15 is 0 Å². The zero-order chi connectivity index (χ0) is 15.1. The van der Waals surface area contributed by atoms with Crippen molar-refractivity contribution in [3.63, 3.8) is 0 Å². The molecule has 0 heterocycles. The summed E-state index contributed by atoms with van der Waals surface area (Å²) in [4.78, 5) is 11.8. The summed E-state index contributed by atoms with van der Waals surface area (Å²) in [5.74, 6) is 1.10. The summed E-state index contributed by atoms with van der Waals surface area (Å²) in [5.41, 5.74) is 2.07. The third-order valence-corrected chi connectivity index (χ3v) is 3.49. The van der Waals surface area contributed by atoms with E-state index in [0.29, 0.717) is 11.7 Å². The van der Waals surface area contributed by atoms with Crippen LogP contribution < -0.4 is 10.1 Å². The van der Waals surface area contributed by atoms with Crippen LogP contribution in [0.1, 0.15) is 31.7 Å². The summed E-state index contributed by atoms with van der Waals surface area (Å²) >= 11 is 0. The van der Waals surface area contributed by atoms with Gasteiger partial charge in [0.1, 0.15) is 5.75 Å². The number of hydrogen-bond acceptors (Lipinski definition) is 2. The van der Waals surface area contributed by atoms with Gasteiger partial charge in [0.15, 0.2) is 6.61 Å². The highest BCUT2D eigenvalue weighted by Crippen LogP contribution is 2.21. The molecule has 0 radical (unpaired) electrons. The van der Waals surface area contributed by atoms with Gasteiger partial charge in [0.05, 0.1) is 0 Å². The molecule has 0 aromatic heterocycles. The second-order valence-electron chi connectivity index (χ2n) is 5.08. The van der Waals surface area contributed by atoms with Crippen LogP contribution in [0.4, 0.5) is 5.69 Å². The van der Waals surface area contributed by atoms with E-state index in [2.05, 4.69) is 31.3 Å². The van der Waals surface area contributed by atoms with E-state index in [1.54, 1.807) is 0 Å². The van der Waals surface area contributed by atoms with Crippen molar-refractivity contribution in [1.82, 2.24) is 0 Å². The van der Waals surface area contributed by atoms with Gasteiger partial charge in [-0.3, -0.25) is 4.79 Å². The molecule has 1 amide bonds. The Hall–Kier alpha value is -2.29. The number of para-hydroxylation sites is 1. The highest BCUT2D eigenvalue weighted by Gasteiger charge is 2.05. The fraction of sp³-hybridized carbons (Fsp3) is 0.278.